The third-order valence-corrected chi connectivity index (χ3v) is 3.41. The van der Waals surface area contributed by atoms with E-state index >= 15 is 0 Å². The van der Waals surface area contributed by atoms with Gasteiger partial charge in [-0.3, -0.25) is 0 Å². The van der Waals surface area contributed by atoms with Crippen molar-refractivity contribution in [2.75, 3.05) is 0 Å². The Labute approximate surface area is 93.3 Å². The average Bonchev–Trinajstić information content (AvgIpc) is 2.13. The molecule has 0 aliphatic carbocycles. The van der Waals surface area contributed by atoms with Gasteiger partial charge in [-0.05, 0) is 30.5 Å². The van der Waals surface area contributed by atoms with Gasteiger partial charge in [-0.2, -0.15) is 0 Å². The van der Waals surface area contributed by atoms with Gasteiger partial charge in [0.25, 0.3) is 0 Å². The molecule has 0 heterocycles. The van der Waals surface area contributed by atoms with Crippen LogP contribution in [-0.2, 0) is 0 Å². The Bertz CT molecular complexity index is 353. The Kier molecular flexibility index (Phi) is 3.74. The zero-order valence-corrected chi connectivity index (χ0v) is 9.93. The Hall–Kier alpha value is -0.780. The van der Waals surface area contributed by atoms with Gasteiger partial charge in [-0.25, -0.2) is 0 Å². The molecule has 1 aromatic rings. The number of aryl methyl sites for hydroxylation is 2. The van der Waals surface area contributed by atoms with Crippen LogP contribution in [-0.4, -0.2) is 5.11 Å². The highest BCUT2D eigenvalue weighted by atomic mass is 79.9. The maximum Gasteiger partial charge on any atom is 0.0899 e. The zero-order chi connectivity index (χ0) is 10.7. The van der Waals surface area contributed by atoms with E-state index in [-0.39, 0.29) is 0 Å². The minimum absolute atomic E-state index is 0.362. The van der Waals surface area contributed by atoms with Gasteiger partial charge in [0, 0.05) is 10.9 Å². The molecule has 0 saturated carbocycles. The summed E-state index contributed by atoms with van der Waals surface area (Å²) in [4.78, 5) is 0. The van der Waals surface area contributed by atoms with Crippen molar-refractivity contribution in [2.45, 2.75) is 26.4 Å². The van der Waals surface area contributed by atoms with Gasteiger partial charge in [-0.15, -0.1) is 12.3 Å². The van der Waals surface area contributed by atoms with Crippen molar-refractivity contribution in [1.82, 2.24) is 0 Å². The second-order valence-corrected chi connectivity index (χ2v) is 4.19. The van der Waals surface area contributed by atoms with Crippen LogP contribution >= 0.6 is 15.9 Å². The maximum absolute atomic E-state index is 9.70. The molecule has 2 heteroatoms. The lowest BCUT2D eigenvalue weighted by Crippen LogP contribution is -1.98. The van der Waals surface area contributed by atoms with Crippen molar-refractivity contribution in [3.63, 3.8) is 0 Å². The van der Waals surface area contributed by atoms with Crippen molar-refractivity contribution in [2.24, 2.45) is 0 Å². The van der Waals surface area contributed by atoms with Crippen LogP contribution in [0.4, 0.5) is 0 Å². The first-order chi connectivity index (χ1) is 6.56. The molecule has 0 saturated heterocycles. The van der Waals surface area contributed by atoms with Gasteiger partial charge in [0.05, 0.1) is 6.10 Å². The molecule has 0 fully saturated rings. The van der Waals surface area contributed by atoms with E-state index in [4.69, 9.17) is 6.42 Å². The van der Waals surface area contributed by atoms with E-state index in [0.29, 0.717) is 6.42 Å². The van der Waals surface area contributed by atoms with Crippen molar-refractivity contribution in [1.29, 1.82) is 0 Å². The van der Waals surface area contributed by atoms with Crippen molar-refractivity contribution >= 4 is 15.9 Å². The number of rotatable bonds is 2. The summed E-state index contributed by atoms with van der Waals surface area (Å²) >= 11 is 3.48. The summed E-state index contributed by atoms with van der Waals surface area (Å²) in [5.41, 5.74) is 3.13. The Balaban J connectivity index is 3.07. The summed E-state index contributed by atoms with van der Waals surface area (Å²) in [6, 6.07) is 3.91. The SMILES string of the molecule is C#CCC(O)c1cc(C)c(Br)c(C)c1. The monoisotopic (exact) mass is 252 g/mol. The van der Waals surface area contributed by atoms with Crippen molar-refractivity contribution in [3.05, 3.63) is 33.3 Å². The van der Waals surface area contributed by atoms with E-state index in [2.05, 4.69) is 21.9 Å². The summed E-state index contributed by atoms with van der Waals surface area (Å²) in [7, 11) is 0. The highest BCUT2D eigenvalue weighted by Gasteiger charge is 2.09. The normalized spacial score (nSPS) is 12.2. The number of halogens is 1. The molecule has 1 aromatic carbocycles. The van der Waals surface area contributed by atoms with Gasteiger partial charge in [0.2, 0.25) is 0 Å². The topological polar surface area (TPSA) is 20.2 Å². The molecule has 0 aromatic heterocycles. The zero-order valence-electron chi connectivity index (χ0n) is 8.34. The molecular formula is C12H13BrO. The molecule has 0 radical (unpaired) electrons. The number of aliphatic hydroxyl groups is 1. The second-order valence-electron chi connectivity index (χ2n) is 3.39. The molecule has 1 N–H and O–H groups in total. The van der Waals surface area contributed by atoms with E-state index in [1.54, 1.807) is 0 Å². The van der Waals surface area contributed by atoms with Gasteiger partial charge in [-0.1, -0.05) is 28.1 Å². The highest BCUT2D eigenvalue weighted by Crippen LogP contribution is 2.26. The lowest BCUT2D eigenvalue weighted by molar-refractivity contribution is 0.184. The van der Waals surface area contributed by atoms with Crippen LogP contribution in [0.1, 0.15) is 29.2 Å². The van der Waals surface area contributed by atoms with Gasteiger partial charge in [0.1, 0.15) is 0 Å². The first-order valence-corrected chi connectivity index (χ1v) is 5.23. The lowest BCUT2D eigenvalue weighted by Gasteiger charge is -2.11. The smallest absolute Gasteiger partial charge is 0.0899 e. The van der Waals surface area contributed by atoms with Crippen LogP contribution < -0.4 is 0 Å². The molecule has 1 atom stereocenters. The van der Waals surface area contributed by atoms with Gasteiger partial charge < -0.3 is 5.11 Å². The predicted molar refractivity (Wildman–Crippen MR) is 62.0 cm³/mol. The molecule has 1 rings (SSSR count). The molecule has 0 aliphatic rings. The van der Waals surface area contributed by atoms with Crippen molar-refractivity contribution in [3.8, 4) is 12.3 Å². The van der Waals surface area contributed by atoms with Crippen LogP contribution in [0.2, 0.25) is 0 Å². The standard InChI is InChI=1S/C12H13BrO/c1-4-5-11(14)10-6-8(2)12(13)9(3)7-10/h1,6-7,11,14H,5H2,2-3H3. The number of terminal acetylenes is 1. The van der Waals surface area contributed by atoms with Gasteiger partial charge >= 0.3 is 0 Å². The van der Waals surface area contributed by atoms with Gasteiger partial charge in [0.15, 0.2) is 0 Å². The summed E-state index contributed by atoms with van der Waals surface area (Å²) in [6.07, 6.45) is 4.96. The predicted octanol–water partition coefficient (Wildman–Crippen LogP) is 3.12. The molecule has 1 nitrogen and oxygen atoms in total. The molecule has 14 heavy (non-hydrogen) atoms. The van der Waals surface area contributed by atoms with E-state index in [9.17, 15) is 5.11 Å². The lowest BCUT2D eigenvalue weighted by atomic mass is 10.0. The summed E-state index contributed by atoms with van der Waals surface area (Å²) in [6.45, 7) is 4.01. The van der Waals surface area contributed by atoms with Crippen LogP contribution in [0.15, 0.2) is 16.6 Å². The van der Waals surface area contributed by atoms with Crippen LogP contribution in [0, 0.1) is 26.2 Å². The molecule has 0 aliphatic heterocycles. The largest absolute Gasteiger partial charge is 0.387 e. The van der Waals surface area contributed by atoms with Crippen LogP contribution in [0.5, 0.6) is 0 Å². The number of hydrogen-bond acceptors (Lipinski definition) is 1. The van der Waals surface area contributed by atoms with E-state index in [0.717, 1.165) is 21.2 Å². The Morgan fingerprint density at radius 3 is 2.36 bits per heavy atom. The third kappa shape index (κ3) is 2.37. The first-order valence-electron chi connectivity index (χ1n) is 4.44. The second kappa shape index (κ2) is 4.63. The molecule has 0 spiro atoms. The summed E-state index contributed by atoms with van der Waals surface area (Å²) in [5, 5.41) is 9.70. The minimum Gasteiger partial charge on any atom is -0.387 e. The number of hydrogen-bond donors (Lipinski definition) is 1. The van der Waals surface area contributed by atoms with E-state index in [1.807, 2.05) is 26.0 Å². The van der Waals surface area contributed by atoms with E-state index < -0.39 is 6.10 Å². The molecule has 0 bridgehead atoms. The summed E-state index contributed by atoms with van der Waals surface area (Å²) < 4.78 is 1.09. The fourth-order valence-electron chi connectivity index (χ4n) is 1.40. The van der Waals surface area contributed by atoms with E-state index in [1.165, 1.54) is 0 Å². The number of aliphatic hydroxyl groups excluding tert-OH is 1. The quantitative estimate of drug-likeness (QED) is 0.803. The molecule has 74 valence electrons. The van der Waals surface area contributed by atoms with Crippen molar-refractivity contribution < 1.29 is 5.11 Å². The average molecular weight is 253 g/mol. The fraction of sp³-hybridized carbons (Fsp3) is 0.333. The molecule has 1 unspecified atom stereocenters. The number of benzene rings is 1. The first kappa shape index (κ1) is 11.3. The summed E-state index contributed by atoms with van der Waals surface area (Å²) in [5.74, 6) is 2.46. The maximum atomic E-state index is 9.70. The fourth-order valence-corrected chi connectivity index (χ4v) is 1.63. The highest BCUT2D eigenvalue weighted by molar-refractivity contribution is 9.10. The minimum atomic E-state index is -0.550. The van der Waals surface area contributed by atoms with Crippen LogP contribution in [0.3, 0.4) is 0 Å². The Morgan fingerprint density at radius 1 is 1.43 bits per heavy atom. The Morgan fingerprint density at radius 2 is 1.93 bits per heavy atom. The molecular weight excluding hydrogens is 240 g/mol. The van der Waals surface area contributed by atoms with Crippen LogP contribution in [0.25, 0.3) is 0 Å². The molecule has 0 amide bonds. The third-order valence-electron chi connectivity index (χ3n) is 2.15.